The van der Waals surface area contributed by atoms with Crippen molar-refractivity contribution in [2.75, 3.05) is 11.9 Å². The summed E-state index contributed by atoms with van der Waals surface area (Å²) in [4.78, 5) is 5.13. The number of aliphatic hydroxyl groups excluding tert-OH is 1. The minimum atomic E-state index is 0.0650. The first-order valence-electron chi connectivity index (χ1n) is 6.72. The van der Waals surface area contributed by atoms with Crippen LogP contribution in [0.25, 0.3) is 10.6 Å². The first-order chi connectivity index (χ1) is 10.4. The second-order valence-corrected chi connectivity index (χ2v) is 5.50. The predicted octanol–water partition coefficient (Wildman–Crippen LogP) is 2.61. The highest BCUT2D eigenvalue weighted by molar-refractivity contribution is 7.13. The molecule has 3 aromatic heterocycles. The van der Waals surface area contributed by atoms with E-state index in [0.29, 0.717) is 13.1 Å². The van der Waals surface area contributed by atoms with Crippen LogP contribution >= 0.6 is 11.3 Å². The fourth-order valence-electron chi connectivity index (χ4n) is 2.06. The molecule has 2 N–H and O–H groups in total. The van der Waals surface area contributed by atoms with Crippen molar-refractivity contribution in [3.05, 3.63) is 53.7 Å². The maximum atomic E-state index is 9.17. The number of aromatic nitrogens is 3. The van der Waals surface area contributed by atoms with E-state index < -0.39 is 0 Å². The molecule has 0 bridgehead atoms. The number of aliphatic hydroxyl groups is 1. The Morgan fingerprint density at radius 2 is 2.10 bits per heavy atom. The van der Waals surface area contributed by atoms with Gasteiger partial charge in [-0.2, -0.15) is 5.10 Å². The summed E-state index contributed by atoms with van der Waals surface area (Å²) in [5.41, 5.74) is 2.08. The van der Waals surface area contributed by atoms with Gasteiger partial charge in [0, 0.05) is 25.0 Å². The van der Waals surface area contributed by atoms with Crippen molar-refractivity contribution >= 4 is 17.2 Å². The predicted molar refractivity (Wildman–Crippen MR) is 84.2 cm³/mol. The summed E-state index contributed by atoms with van der Waals surface area (Å²) >= 11 is 1.66. The highest BCUT2D eigenvalue weighted by atomic mass is 32.1. The molecule has 6 heteroatoms. The quantitative estimate of drug-likeness (QED) is 0.734. The Bertz CT molecular complexity index is 679. The van der Waals surface area contributed by atoms with E-state index in [1.54, 1.807) is 28.4 Å². The zero-order valence-corrected chi connectivity index (χ0v) is 12.3. The number of pyridine rings is 1. The second-order valence-electron chi connectivity index (χ2n) is 4.55. The SMILES string of the molecule is OCCn1nc(-c2cccs2)cc1NCc1ccncc1. The largest absolute Gasteiger partial charge is 0.394 e. The number of nitrogens with one attached hydrogen (secondary N) is 1. The van der Waals surface area contributed by atoms with Gasteiger partial charge in [0.25, 0.3) is 0 Å². The van der Waals surface area contributed by atoms with Crippen molar-refractivity contribution in [3.8, 4) is 10.6 Å². The standard InChI is InChI=1S/C15H16N4OS/c20-8-7-19-15(17-11-12-3-5-16-6-4-12)10-13(18-19)14-2-1-9-21-14/h1-6,9-10,17,20H,7-8,11H2. The van der Waals surface area contributed by atoms with E-state index in [2.05, 4.69) is 15.4 Å². The Balaban J connectivity index is 1.79. The Labute approximate surface area is 126 Å². The third kappa shape index (κ3) is 3.29. The zero-order chi connectivity index (χ0) is 14.5. The molecule has 0 aliphatic carbocycles. The van der Waals surface area contributed by atoms with Crippen LogP contribution in [0.2, 0.25) is 0 Å². The molecule has 21 heavy (non-hydrogen) atoms. The van der Waals surface area contributed by atoms with Crippen molar-refractivity contribution in [1.82, 2.24) is 14.8 Å². The van der Waals surface area contributed by atoms with E-state index in [-0.39, 0.29) is 6.61 Å². The number of hydrogen-bond acceptors (Lipinski definition) is 5. The molecule has 108 valence electrons. The van der Waals surface area contributed by atoms with Crippen molar-refractivity contribution in [2.24, 2.45) is 0 Å². The average Bonchev–Trinajstić information content (AvgIpc) is 3.16. The van der Waals surface area contributed by atoms with Crippen molar-refractivity contribution in [3.63, 3.8) is 0 Å². The van der Waals surface area contributed by atoms with E-state index in [1.165, 1.54) is 0 Å². The Morgan fingerprint density at radius 3 is 2.81 bits per heavy atom. The van der Waals surface area contributed by atoms with Crippen molar-refractivity contribution in [2.45, 2.75) is 13.1 Å². The van der Waals surface area contributed by atoms with Crippen LogP contribution in [0.4, 0.5) is 5.82 Å². The summed E-state index contributed by atoms with van der Waals surface area (Å²) in [7, 11) is 0. The Hall–Kier alpha value is -2.18. The topological polar surface area (TPSA) is 63.0 Å². The molecular weight excluding hydrogens is 284 g/mol. The van der Waals surface area contributed by atoms with Gasteiger partial charge in [-0.1, -0.05) is 6.07 Å². The van der Waals surface area contributed by atoms with Gasteiger partial charge in [0.05, 0.1) is 18.0 Å². The summed E-state index contributed by atoms with van der Waals surface area (Å²) in [5.74, 6) is 0.907. The third-order valence-corrected chi connectivity index (χ3v) is 3.98. The highest BCUT2D eigenvalue weighted by Crippen LogP contribution is 2.26. The molecule has 0 amide bonds. The van der Waals surface area contributed by atoms with Gasteiger partial charge >= 0.3 is 0 Å². The summed E-state index contributed by atoms with van der Waals surface area (Å²) in [6.45, 7) is 1.24. The molecule has 0 radical (unpaired) electrons. The van der Waals surface area contributed by atoms with Crippen LogP contribution in [0.1, 0.15) is 5.56 Å². The molecule has 0 unspecified atom stereocenters. The molecule has 0 fully saturated rings. The van der Waals surface area contributed by atoms with Gasteiger partial charge in [0.1, 0.15) is 11.5 Å². The van der Waals surface area contributed by atoms with Gasteiger partial charge in [-0.05, 0) is 29.1 Å². The molecule has 0 atom stereocenters. The van der Waals surface area contributed by atoms with Crippen LogP contribution in [0.15, 0.2) is 48.1 Å². The number of hydrogen-bond donors (Lipinski definition) is 2. The lowest BCUT2D eigenvalue weighted by atomic mass is 10.3. The van der Waals surface area contributed by atoms with Gasteiger partial charge in [0.2, 0.25) is 0 Å². The van der Waals surface area contributed by atoms with Crippen LogP contribution in [0.5, 0.6) is 0 Å². The first-order valence-corrected chi connectivity index (χ1v) is 7.60. The molecule has 0 spiro atoms. The lowest BCUT2D eigenvalue weighted by Gasteiger charge is -2.08. The van der Waals surface area contributed by atoms with Crippen LogP contribution in [-0.4, -0.2) is 26.5 Å². The fourth-order valence-corrected chi connectivity index (χ4v) is 2.74. The average molecular weight is 300 g/mol. The molecule has 3 rings (SSSR count). The lowest BCUT2D eigenvalue weighted by molar-refractivity contribution is 0.270. The molecule has 3 heterocycles. The maximum Gasteiger partial charge on any atom is 0.125 e. The van der Waals surface area contributed by atoms with Gasteiger partial charge in [-0.25, -0.2) is 4.68 Å². The molecule has 0 aromatic carbocycles. The number of nitrogens with zero attached hydrogens (tertiary/aromatic N) is 3. The first kappa shape index (κ1) is 13.8. The minimum absolute atomic E-state index is 0.0650. The second kappa shape index (κ2) is 6.51. The van der Waals surface area contributed by atoms with E-state index in [1.807, 2.05) is 35.7 Å². The smallest absolute Gasteiger partial charge is 0.125 e. The third-order valence-electron chi connectivity index (χ3n) is 3.09. The zero-order valence-electron chi connectivity index (χ0n) is 11.4. The molecule has 0 saturated carbocycles. The maximum absolute atomic E-state index is 9.17. The molecule has 0 saturated heterocycles. The number of thiophene rings is 1. The summed E-state index contributed by atoms with van der Waals surface area (Å²) in [5, 5.41) is 19.1. The van der Waals surface area contributed by atoms with E-state index in [4.69, 9.17) is 0 Å². The van der Waals surface area contributed by atoms with Crippen molar-refractivity contribution in [1.29, 1.82) is 0 Å². The molecular formula is C15H16N4OS. The van der Waals surface area contributed by atoms with Crippen LogP contribution in [-0.2, 0) is 13.1 Å². The van der Waals surface area contributed by atoms with Crippen molar-refractivity contribution < 1.29 is 5.11 Å². The monoisotopic (exact) mass is 300 g/mol. The van der Waals surface area contributed by atoms with Crippen LogP contribution in [0, 0.1) is 0 Å². The molecule has 3 aromatic rings. The van der Waals surface area contributed by atoms with E-state index >= 15 is 0 Å². The summed E-state index contributed by atoms with van der Waals surface area (Å²) in [6.07, 6.45) is 3.55. The van der Waals surface area contributed by atoms with Crippen LogP contribution in [0.3, 0.4) is 0 Å². The molecule has 0 aliphatic heterocycles. The normalized spacial score (nSPS) is 10.7. The van der Waals surface area contributed by atoms with Gasteiger partial charge in [0.15, 0.2) is 0 Å². The van der Waals surface area contributed by atoms with Gasteiger partial charge < -0.3 is 10.4 Å². The highest BCUT2D eigenvalue weighted by Gasteiger charge is 2.09. The van der Waals surface area contributed by atoms with Gasteiger partial charge in [-0.15, -0.1) is 11.3 Å². The Kier molecular flexibility index (Phi) is 4.28. The summed E-state index contributed by atoms with van der Waals surface area (Å²) in [6, 6.07) is 10.0. The van der Waals surface area contributed by atoms with Gasteiger partial charge in [-0.3, -0.25) is 4.98 Å². The number of rotatable bonds is 6. The Morgan fingerprint density at radius 1 is 1.24 bits per heavy atom. The van der Waals surface area contributed by atoms with E-state index in [9.17, 15) is 5.11 Å². The molecule has 0 aliphatic rings. The number of anilines is 1. The molecule has 5 nitrogen and oxygen atoms in total. The minimum Gasteiger partial charge on any atom is -0.394 e. The van der Waals surface area contributed by atoms with Crippen LogP contribution < -0.4 is 5.32 Å². The summed E-state index contributed by atoms with van der Waals surface area (Å²) < 4.78 is 1.80. The van der Waals surface area contributed by atoms with E-state index in [0.717, 1.165) is 22.0 Å². The fraction of sp³-hybridized carbons (Fsp3) is 0.200. The lowest BCUT2D eigenvalue weighted by Crippen LogP contribution is -2.10.